The maximum atomic E-state index is 12.2. The van der Waals surface area contributed by atoms with E-state index in [0.29, 0.717) is 16.6 Å². The van der Waals surface area contributed by atoms with Gasteiger partial charge < -0.3 is 10.1 Å². The molecule has 2 aromatic rings. The molecule has 0 saturated heterocycles. The lowest BCUT2D eigenvalue weighted by Gasteiger charge is -2.22. The third-order valence-electron chi connectivity index (χ3n) is 4.05. The molecule has 1 aromatic carbocycles. The van der Waals surface area contributed by atoms with Crippen LogP contribution in [0.4, 0.5) is 0 Å². The normalized spacial score (nSPS) is 15.2. The van der Waals surface area contributed by atoms with E-state index in [1.165, 1.54) is 23.9 Å². The Balaban J connectivity index is 1.52. The summed E-state index contributed by atoms with van der Waals surface area (Å²) in [5.41, 5.74) is 0. The largest absolute Gasteiger partial charge is 0.486 e. The standard InChI is InChI=1S/C16H20ClN5O2/c17-12-6-8-14(9-7-12)24-11-15-19-20-21-22(15)10-16(23)18-13-4-2-1-3-5-13/h6-9,13H,1-5,10-11H2,(H,18,23). The summed E-state index contributed by atoms with van der Waals surface area (Å²) < 4.78 is 7.09. The molecule has 0 aliphatic heterocycles. The van der Waals surface area contributed by atoms with Gasteiger partial charge in [0.2, 0.25) is 5.91 Å². The highest BCUT2D eigenvalue weighted by molar-refractivity contribution is 6.30. The molecule has 128 valence electrons. The fourth-order valence-corrected chi connectivity index (χ4v) is 2.91. The van der Waals surface area contributed by atoms with Crippen LogP contribution in [0.5, 0.6) is 5.75 Å². The zero-order chi connectivity index (χ0) is 16.8. The first-order valence-electron chi connectivity index (χ1n) is 8.13. The number of carbonyl (C=O) groups is 1. The lowest BCUT2D eigenvalue weighted by molar-refractivity contribution is -0.122. The molecule has 0 unspecified atom stereocenters. The lowest BCUT2D eigenvalue weighted by Crippen LogP contribution is -2.38. The molecule has 0 radical (unpaired) electrons. The Morgan fingerprint density at radius 3 is 2.75 bits per heavy atom. The Labute approximate surface area is 145 Å². The molecule has 0 spiro atoms. The number of hydrogen-bond donors (Lipinski definition) is 1. The highest BCUT2D eigenvalue weighted by atomic mass is 35.5. The van der Waals surface area contributed by atoms with Gasteiger partial charge in [0.05, 0.1) is 0 Å². The van der Waals surface area contributed by atoms with Gasteiger partial charge >= 0.3 is 0 Å². The van der Waals surface area contributed by atoms with Crippen molar-refractivity contribution in [3.8, 4) is 5.75 Å². The van der Waals surface area contributed by atoms with Crippen LogP contribution in [-0.2, 0) is 17.9 Å². The first kappa shape index (κ1) is 16.7. The number of tetrazole rings is 1. The van der Waals surface area contributed by atoms with E-state index in [4.69, 9.17) is 16.3 Å². The highest BCUT2D eigenvalue weighted by Crippen LogP contribution is 2.18. The number of amides is 1. The molecule has 1 aromatic heterocycles. The average Bonchev–Trinajstić information content (AvgIpc) is 3.02. The van der Waals surface area contributed by atoms with Crippen molar-refractivity contribution < 1.29 is 9.53 Å². The van der Waals surface area contributed by atoms with Crippen molar-refractivity contribution in [2.24, 2.45) is 0 Å². The summed E-state index contributed by atoms with van der Waals surface area (Å²) in [5.74, 6) is 1.10. The smallest absolute Gasteiger partial charge is 0.242 e. The van der Waals surface area contributed by atoms with Crippen LogP contribution in [0, 0.1) is 0 Å². The Bertz CT molecular complexity index is 667. The Kier molecular flexibility index (Phi) is 5.63. The third-order valence-corrected chi connectivity index (χ3v) is 4.30. The SMILES string of the molecule is O=C(Cn1nnnc1COc1ccc(Cl)cc1)NC1CCCCC1. The number of ether oxygens (including phenoxy) is 1. The molecule has 0 atom stereocenters. The molecule has 1 aliphatic carbocycles. The van der Waals surface area contributed by atoms with Gasteiger partial charge in [-0.2, -0.15) is 0 Å². The maximum Gasteiger partial charge on any atom is 0.242 e. The van der Waals surface area contributed by atoms with Gasteiger partial charge in [-0.25, -0.2) is 4.68 Å². The van der Waals surface area contributed by atoms with Crippen LogP contribution in [0.1, 0.15) is 37.9 Å². The zero-order valence-corrected chi connectivity index (χ0v) is 14.1. The number of nitrogens with one attached hydrogen (secondary N) is 1. The number of nitrogens with zero attached hydrogens (tertiary/aromatic N) is 4. The molecule has 8 heteroatoms. The summed E-state index contributed by atoms with van der Waals surface area (Å²) >= 11 is 5.84. The van der Waals surface area contributed by atoms with E-state index < -0.39 is 0 Å². The van der Waals surface area contributed by atoms with Crippen molar-refractivity contribution in [3.05, 3.63) is 35.1 Å². The fourth-order valence-electron chi connectivity index (χ4n) is 2.78. The van der Waals surface area contributed by atoms with Gasteiger partial charge in [0.25, 0.3) is 0 Å². The molecule has 1 heterocycles. The van der Waals surface area contributed by atoms with Crippen LogP contribution < -0.4 is 10.1 Å². The number of benzene rings is 1. The second-order valence-corrected chi connectivity index (χ2v) is 6.33. The quantitative estimate of drug-likeness (QED) is 0.865. The van der Waals surface area contributed by atoms with Gasteiger partial charge in [0, 0.05) is 11.1 Å². The third kappa shape index (κ3) is 4.67. The molecule has 0 bridgehead atoms. The van der Waals surface area contributed by atoms with Crippen LogP contribution in [0.25, 0.3) is 0 Å². The summed E-state index contributed by atoms with van der Waals surface area (Å²) in [7, 11) is 0. The molecular weight excluding hydrogens is 330 g/mol. The minimum absolute atomic E-state index is 0.0676. The number of aromatic nitrogens is 4. The maximum absolute atomic E-state index is 12.2. The summed E-state index contributed by atoms with van der Waals surface area (Å²) in [6.07, 6.45) is 5.71. The fraction of sp³-hybridized carbons (Fsp3) is 0.500. The molecule has 1 aliphatic rings. The minimum Gasteiger partial charge on any atom is -0.486 e. The Morgan fingerprint density at radius 1 is 1.25 bits per heavy atom. The number of halogens is 1. The van der Waals surface area contributed by atoms with Crippen molar-refractivity contribution >= 4 is 17.5 Å². The molecule has 1 amide bonds. The molecule has 1 N–H and O–H groups in total. The van der Waals surface area contributed by atoms with E-state index in [1.807, 2.05) is 0 Å². The van der Waals surface area contributed by atoms with Crippen molar-refractivity contribution in [1.29, 1.82) is 0 Å². The van der Waals surface area contributed by atoms with Crippen molar-refractivity contribution in [1.82, 2.24) is 25.5 Å². The Morgan fingerprint density at radius 2 is 2.00 bits per heavy atom. The number of rotatable bonds is 6. The second-order valence-electron chi connectivity index (χ2n) is 5.90. The Hall–Kier alpha value is -2.15. The predicted octanol–water partition coefficient (Wildman–Crippen LogP) is 2.35. The van der Waals surface area contributed by atoms with Crippen LogP contribution in [-0.4, -0.2) is 32.2 Å². The van der Waals surface area contributed by atoms with E-state index in [0.717, 1.165) is 12.8 Å². The predicted molar refractivity (Wildman–Crippen MR) is 88.6 cm³/mol. The molecule has 24 heavy (non-hydrogen) atoms. The van der Waals surface area contributed by atoms with Crippen molar-refractivity contribution in [2.45, 2.75) is 51.3 Å². The van der Waals surface area contributed by atoms with Crippen LogP contribution in [0.3, 0.4) is 0 Å². The van der Waals surface area contributed by atoms with Gasteiger partial charge in [-0.3, -0.25) is 4.79 Å². The van der Waals surface area contributed by atoms with Gasteiger partial charge in [-0.05, 0) is 47.5 Å². The van der Waals surface area contributed by atoms with Gasteiger partial charge in [-0.1, -0.05) is 30.9 Å². The van der Waals surface area contributed by atoms with Gasteiger partial charge in [0.1, 0.15) is 18.9 Å². The van der Waals surface area contributed by atoms with Gasteiger partial charge in [0.15, 0.2) is 5.82 Å². The minimum atomic E-state index is -0.0676. The van der Waals surface area contributed by atoms with Crippen LogP contribution in [0.2, 0.25) is 5.02 Å². The summed E-state index contributed by atoms with van der Waals surface area (Å²) in [6, 6.07) is 7.31. The highest BCUT2D eigenvalue weighted by Gasteiger charge is 2.17. The topological polar surface area (TPSA) is 81.9 Å². The molecule has 1 fully saturated rings. The van der Waals surface area contributed by atoms with Crippen molar-refractivity contribution in [2.75, 3.05) is 0 Å². The van der Waals surface area contributed by atoms with E-state index in [1.54, 1.807) is 24.3 Å². The van der Waals surface area contributed by atoms with Gasteiger partial charge in [-0.15, -0.1) is 5.10 Å². The summed E-state index contributed by atoms with van der Waals surface area (Å²) in [6.45, 7) is 0.286. The van der Waals surface area contributed by atoms with E-state index in [-0.39, 0.29) is 25.1 Å². The zero-order valence-electron chi connectivity index (χ0n) is 13.3. The second kappa shape index (κ2) is 8.10. The summed E-state index contributed by atoms with van der Waals surface area (Å²) in [4.78, 5) is 12.2. The van der Waals surface area contributed by atoms with Crippen LogP contribution >= 0.6 is 11.6 Å². The van der Waals surface area contributed by atoms with Crippen LogP contribution in [0.15, 0.2) is 24.3 Å². The molecule has 7 nitrogen and oxygen atoms in total. The average molecular weight is 350 g/mol. The van der Waals surface area contributed by atoms with Crippen molar-refractivity contribution in [3.63, 3.8) is 0 Å². The molecule has 3 rings (SSSR count). The summed E-state index contributed by atoms with van der Waals surface area (Å²) in [5, 5.41) is 15.1. The molecular formula is C16H20ClN5O2. The number of hydrogen-bond acceptors (Lipinski definition) is 5. The lowest BCUT2D eigenvalue weighted by atomic mass is 9.95. The van der Waals surface area contributed by atoms with E-state index in [9.17, 15) is 4.79 Å². The van der Waals surface area contributed by atoms with E-state index >= 15 is 0 Å². The molecule has 1 saturated carbocycles. The first-order valence-corrected chi connectivity index (χ1v) is 8.51. The van der Waals surface area contributed by atoms with E-state index in [2.05, 4.69) is 20.8 Å². The first-order chi connectivity index (χ1) is 11.7. The monoisotopic (exact) mass is 349 g/mol. The number of carbonyl (C=O) groups excluding carboxylic acids is 1.